The van der Waals surface area contributed by atoms with Crippen LogP contribution in [0.5, 0.6) is 5.75 Å². The van der Waals surface area contributed by atoms with E-state index in [9.17, 15) is 18.5 Å². The number of azide groups is 1. The van der Waals surface area contributed by atoms with E-state index in [0.717, 1.165) is 12.1 Å². The summed E-state index contributed by atoms with van der Waals surface area (Å²) < 4.78 is 30.8. The first kappa shape index (κ1) is 15.7. The summed E-state index contributed by atoms with van der Waals surface area (Å²) >= 11 is 0. The van der Waals surface area contributed by atoms with E-state index in [4.69, 9.17) is 10.3 Å². The van der Waals surface area contributed by atoms with Gasteiger partial charge in [-0.1, -0.05) is 5.11 Å². The lowest BCUT2D eigenvalue weighted by atomic mass is 10.3. The Labute approximate surface area is 114 Å². The van der Waals surface area contributed by atoms with Crippen LogP contribution in [0.3, 0.4) is 0 Å². The zero-order valence-corrected chi connectivity index (χ0v) is 11.2. The molecule has 1 N–H and O–H groups in total. The van der Waals surface area contributed by atoms with Crippen molar-refractivity contribution in [3.8, 4) is 5.75 Å². The third-order valence-corrected chi connectivity index (χ3v) is 3.73. The van der Waals surface area contributed by atoms with Gasteiger partial charge in [0.05, 0.1) is 18.1 Å². The van der Waals surface area contributed by atoms with Crippen LogP contribution in [-0.2, 0) is 10.0 Å². The van der Waals surface area contributed by atoms with E-state index in [1.165, 1.54) is 13.2 Å². The summed E-state index contributed by atoms with van der Waals surface area (Å²) in [6, 6.07) is 3.39. The van der Waals surface area contributed by atoms with Gasteiger partial charge in [0.2, 0.25) is 10.0 Å². The largest absolute Gasteiger partial charge is 0.497 e. The highest BCUT2D eigenvalue weighted by atomic mass is 32.2. The van der Waals surface area contributed by atoms with Crippen molar-refractivity contribution in [1.29, 1.82) is 0 Å². The van der Waals surface area contributed by atoms with Gasteiger partial charge >= 0.3 is 0 Å². The molecule has 1 aromatic rings. The van der Waals surface area contributed by atoms with Gasteiger partial charge < -0.3 is 4.74 Å². The molecule has 0 amide bonds. The number of methoxy groups -OCH3 is 1. The molecule has 0 atom stereocenters. The Hall–Kier alpha value is -2.36. The molecule has 0 unspecified atom stereocenters. The van der Waals surface area contributed by atoms with Crippen LogP contribution in [0, 0.1) is 10.1 Å². The summed E-state index contributed by atoms with van der Waals surface area (Å²) in [5.41, 5.74) is 7.47. The van der Waals surface area contributed by atoms with Crippen molar-refractivity contribution in [1.82, 2.24) is 4.72 Å². The molecule has 0 saturated heterocycles. The summed E-state index contributed by atoms with van der Waals surface area (Å²) in [5, 5.41) is 14.1. The highest BCUT2D eigenvalue weighted by molar-refractivity contribution is 7.89. The van der Waals surface area contributed by atoms with E-state index < -0.39 is 25.5 Å². The van der Waals surface area contributed by atoms with Crippen LogP contribution >= 0.6 is 0 Å². The Bertz CT molecular complexity index is 653. The lowest BCUT2D eigenvalue weighted by Crippen LogP contribution is -2.26. The topological polar surface area (TPSA) is 147 Å². The molecule has 0 radical (unpaired) electrons. The zero-order chi connectivity index (χ0) is 15.2. The Morgan fingerprint density at radius 1 is 1.55 bits per heavy atom. The molecule has 10 nitrogen and oxygen atoms in total. The van der Waals surface area contributed by atoms with Gasteiger partial charge in [0, 0.05) is 18.0 Å². The van der Waals surface area contributed by atoms with E-state index in [1.807, 2.05) is 0 Å². The Morgan fingerprint density at radius 3 is 2.80 bits per heavy atom. The molecule has 0 aromatic heterocycles. The number of ether oxygens (including phenoxy) is 1. The number of rotatable bonds is 7. The van der Waals surface area contributed by atoms with Gasteiger partial charge in [0.25, 0.3) is 5.69 Å². The van der Waals surface area contributed by atoms with E-state index in [-0.39, 0.29) is 18.8 Å². The maximum Gasteiger partial charge on any atom is 0.293 e. The van der Waals surface area contributed by atoms with Crippen molar-refractivity contribution < 1.29 is 18.1 Å². The van der Waals surface area contributed by atoms with Crippen LogP contribution in [0.15, 0.2) is 28.2 Å². The van der Waals surface area contributed by atoms with Crippen LogP contribution in [-0.4, -0.2) is 33.5 Å². The summed E-state index contributed by atoms with van der Waals surface area (Å²) in [6.45, 7) is -0.255. The number of sulfonamides is 1. The first-order chi connectivity index (χ1) is 9.42. The maximum atomic E-state index is 11.9. The monoisotopic (exact) mass is 301 g/mol. The average molecular weight is 301 g/mol. The van der Waals surface area contributed by atoms with Gasteiger partial charge in [-0.3, -0.25) is 10.1 Å². The molecule has 0 aliphatic carbocycles. The van der Waals surface area contributed by atoms with Gasteiger partial charge in [-0.05, 0) is 17.7 Å². The predicted molar refractivity (Wildman–Crippen MR) is 68.8 cm³/mol. The number of benzene rings is 1. The fourth-order valence-corrected chi connectivity index (χ4v) is 2.52. The number of nitrogens with one attached hydrogen (secondary N) is 1. The second-order valence-electron chi connectivity index (χ2n) is 3.44. The molecular weight excluding hydrogens is 290 g/mol. The molecule has 1 aromatic carbocycles. The third kappa shape index (κ3) is 3.82. The lowest BCUT2D eigenvalue weighted by molar-refractivity contribution is -0.387. The molecule has 0 heterocycles. The SMILES string of the molecule is COc1ccc(S(=O)(=O)NCCN=[N+]=[N-])c([N+](=O)[O-])c1. The minimum atomic E-state index is -4.07. The zero-order valence-electron chi connectivity index (χ0n) is 10.4. The second kappa shape index (κ2) is 6.70. The number of nitrogens with zero attached hydrogens (tertiary/aromatic N) is 4. The smallest absolute Gasteiger partial charge is 0.293 e. The number of hydrogen-bond acceptors (Lipinski definition) is 6. The Kier molecular flexibility index (Phi) is 5.26. The van der Waals surface area contributed by atoms with Crippen LogP contribution in [0.25, 0.3) is 10.4 Å². The molecule has 0 bridgehead atoms. The fraction of sp³-hybridized carbons (Fsp3) is 0.333. The van der Waals surface area contributed by atoms with Crippen molar-refractivity contribution in [2.24, 2.45) is 5.11 Å². The summed E-state index contributed by atoms with van der Waals surface area (Å²) in [7, 11) is -2.76. The fourth-order valence-electron chi connectivity index (χ4n) is 1.35. The van der Waals surface area contributed by atoms with Gasteiger partial charge in [-0.2, -0.15) is 0 Å². The number of nitro benzene ring substituents is 1. The number of hydrogen-bond donors (Lipinski definition) is 1. The normalized spacial score (nSPS) is 10.7. The second-order valence-corrected chi connectivity index (χ2v) is 5.18. The average Bonchev–Trinajstić information content (AvgIpc) is 2.42. The first-order valence-electron chi connectivity index (χ1n) is 5.25. The van der Waals surface area contributed by atoms with Gasteiger partial charge in [0.1, 0.15) is 5.75 Å². The van der Waals surface area contributed by atoms with Gasteiger partial charge in [-0.15, -0.1) is 0 Å². The molecule has 0 spiro atoms. The van der Waals surface area contributed by atoms with Crippen LogP contribution in [0.1, 0.15) is 0 Å². The number of nitro groups is 1. The van der Waals surface area contributed by atoms with Crippen molar-refractivity contribution in [2.45, 2.75) is 4.90 Å². The highest BCUT2D eigenvalue weighted by Gasteiger charge is 2.25. The maximum absolute atomic E-state index is 11.9. The van der Waals surface area contributed by atoms with E-state index in [2.05, 4.69) is 14.7 Å². The Morgan fingerprint density at radius 2 is 2.25 bits per heavy atom. The van der Waals surface area contributed by atoms with E-state index in [1.54, 1.807) is 0 Å². The molecule has 1 rings (SSSR count). The van der Waals surface area contributed by atoms with Crippen LogP contribution in [0.2, 0.25) is 0 Å². The molecule has 0 fully saturated rings. The molecule has 0 aliphatic rings. The van der Waals surface area contributed by atoms with E-state index >= 15 is 0 Å². The first-order valence-corrected chi connectivity index (χ1v) is 6.73. The van der Waals surface area contributed by atoms with Crippen molar-refractivity contribution in [3.63, 3.8) is 0 Å². The third-order valence-electron chi connectivity index (χ3n) is 2.22. The Balaban J connectivity index is 3.10. The summed E-state index contributed by atoms with van der Waals surface area (Å²) in [4.78, 5) is 12.1. The highest BCUT2D eigenvalue weighted by Crippen LogP contribution is 2.27. The van der Waals surface area contributed by atoms with Crippen molar-refractivity contribution >= 4 is 15.7 Å². The molecule has 0 saturated carbocycles. The summed E-state index contributed by atoms with van der Waals surface area (Å²) in [5.74, 6) is 0.171. The minimum Gasteiger partial charge on any atom is -0.497 e. The molecule has 11 heteroatoms. The summed E-state index contributed by atoms with van der Waals surface area (Å²) in [6.07, 6.45) is 0. The van der Waals surface area contributed by atoms with Crippen LogP contribution in [0.4, 0.5) is 5.69 Å². The molecule has 0 aliphatic heterocycles. The van der Waals surface area contributed by atoms with Crippen LogP contribution < -0.4 is 9.46 Å². The lowest BCUT2D eigenvalue weighted by Gasteiger charge is -2.07. The van der Waals surface area contributed by atoms with E-state index in [0.29, 0.717) is 0 Å². The quantitative estimate of drug-likeness (QED) is 0.200. The van der Waals surface area contributed by atoms with Gasteiger partial charge in [0.15, 0.2) is 4.90 Å². The minimum absolute atomic E-state index is 0.0975. The predicted octanol–water partition coefficient (Wildman–Crippen LogP) is 1.19. The molecule has 108 valence electrons. The molecule has 20 heavy (non-hydrogen) atoms. The van der Waals surface area contributed by atoms with Gasteiger partial charge in [-0.25, -0.2) is 13.1 Å². The van der Waals surface area contributed by atoms with Crippen molar-refractivity contribution in [2.75, 3.05) is 20.2 Å². The van der Waals surface area contributed by atoms with Crippen molar-refractivity contribution in [3.05, 3.63) is 38.8 Å². The standard InChI is InChI=1S/C9H11N5O5S/c1-19-7-2-3-9(8(6-7)14(15)16)20(17,18)12-5-4-11-13-10/h2-3,6,12H,4-5H2,1H3. The molecular formula is C9H11N5O5S.